The van der Waals surface area contributed by atoms with Crippen LogP contribution in [0, 0.1) is 13.8 Å². The lowest BCUT2D eigenvalue weighted by Gasteiger charge is -2.07. The first-order valence-corrected chi connectivity index (χ1v) is 9.09. The third kappa shape index (κ3) is 6.74. The molecule has 0 aliphatic rings. The van der Waals surface area contributed by atoms with Gasteiger partial charge in [0.2, 0.25) is 0 Å². The summed E-state index contributed by atoms with van der Waals surface area (Å²) in [6, 6.07) is 5.90. The summed E-state index contributed by atoms with van der Waals surface area (Å²) < 4.78 is 5.41. The highest BCUT2D eigenvalue weighted by Crippen LogP contribution is 2.23. The molecule has 2 aromatic rings. The molecule has 1 heterocycles. The molecule has 0 saturated heterocycles. The van der Waals surface area contributed by atoms with Crippen molar-refractivity contribution in [2.75, 3.05) is 0 Å². The number of fused-ring (bicyclic) bond motifs is 1. The molecule has 1 aromatic carbocycles. The molecular formula is C22H34O2. The Morgan fingerprint density at radius 3 is 2.04 bits per heavy atom. The van der Waals surface area contributed by atoms with Gasteiger partial charge in [-0.3, -0.25) is 0 Å². The molecule has 0 aliphatic carbocycles. The Hall–Kier alpha value is -1.83. The lowest BCUT2D eigenvalue weighted by atomic mass is 10.0. The SMILES string of the molecule is C=C(CCC)c1cc2c(C)cc(C)cc2oc1=O.CCC.CCC. The van der Waals surface area contributed by atoms with Gasteiger partial charge < -0.3 is 4.42 Å². The highest BCUT2D eigenvalue weighted by molar-refractivity contribution is 5.84. The van der Waals surface area contributed by atoms with Crippen LogP contribution in [0.3, 0.4) is 0 Å². The molecule has 2 rings (SSSR count). The molecule has 0 unspecified atom stereocenters. The van der Waals surface area contributed by atoms with E-state index in [1.165, 1.54) is 12.8 Å². The number of hydrogen-bond donors (Lipinski definition) is 0. The van der Waals surface area contributed by atoms with Crippen LogP contribution in [0.4, 0.5) is 0 Å². The van der Waals surface area contributed by atoms with Crippen molar-refractivity contribution in [3.05, 3.63) is 51.9 Å². The summed E-state index contributed by atoms with van der Waals surface area (Å²) in [5.74, 6) is 0. The molecule has 2 nitrogen and oxygen atoms in total. The fourth-order valence-corrected chi connectivity index (χ4v) is 2.25. The van der Waals surface area contributed by atoms with E-state index < -0.39 is 0 Å². The molecule has 0 bridgehead atoms. The summed E-state index contributed by atoms with van der Waals surface area (Å²) in [6.45, 7) is 18.6. The van der Waals surface area contributed by atoms with Crippen molar-refractivity contribution < 1.29 is 4.42 Å². The maximum atomic E-state index is 11.9. The summed E-state index contributed by atoms with van der Waals surface area (Å²) in [5.41, 5.74) is 4.06. The fourth-order valence-electron chi connectivity index (χ4n) is 2.25. The van der Waals surface area contributed by atoms with E-state index in [4.69, 9.17) is 4.42 Å². The van der Waals surface area contributed by atoms with Crippen LogP contribution >= 0.6 is 0 Å². The van der Waals surface area contributed by atoms with Crippen molar-refractivity contribution in [3.8, 4) is 0 Å². The summed E-state index contributed by atoms with van der Waals surface area (Å²) in [7, 11) is 0. The van der Waals surface area contributed by atoms with Crippen molar-refractivity contribution in [1.82, 2.24) is 0 Å². The highest BCUT2D eigenvalue weighted by atomic mass is 16.4. The zero-order chi connectivity index (χ0) is 18.7. The molecule has 0 N–H and O–H groups in total. The Balaban J connectivity index is 0.000000772. The van der Waals surface area contributed by atoms with Gasteiger partial charge in [-0.2, -0.15) is 0 Å². The van der Waals surface area contributed by atoms with Gasteiger partial charge in [-0.1, -0.05) is 66.5 Å². The van der Waals surface area contributed by atoms with Crippen LogP contribution in [0.2, 0.25) is 0 Å². The molecular weight excluding hydrogens is 296 g/mol. The van der Waals surface area contributed by atoms with Crippen LogP contribution in [0.25, 0.3) is 16.5 Å². The third-order valence-corrected chi connectivity index (χ3v) is 3.14. The summed E-state index contributed by atoms with van der Waals surface area (Å²) in [4.78, 5) is 11.9. The molecule has 0 saturated carbocycles. The van der Waals surface area contributed by atoms with Crippen molar-refractivity contribution in [2.45, 2.75) is 74.1 Å². The van der Waals surface area contributed by atoms with Crippen molar-refractivity contribution in [3.63, 3.8) is 0 Å². The first-order valence-electron chi connectivity index (χ1n) is 9.09. The highest BCUT2D eigenvalue weighted by Gasteiger charge is 2.10. The van der Waals surface area contributed by atoms with E-state index in [9.17, 15) is 4.79 Å². The summed E-state index contributed by atoms with van der Waals surface area (Å²) in [6.07, 6.45) is 4.30. The van der Waals surface area contributed by atoms with Gasteiger partial charge in [0.1, 0.15) is 5.58 Å². The lowest BCUT2D eigenvalue weighted by Crippen LogP contribution is -2.06. The van der Waals surface area contributed by atoms with Crippen LogP contribution in [0.15, 0.2) is 34.0 Å². The zero-order valence-electron chi connectivity index (χ0n) is 16.6. The van der Waals surface area contributed by atoms with E-state index in [0.717, 1.165) is 34.9 Å². The molecule has 24 heavy (non-hydrogen) atoms. The second kappa shape index (κ2) is 11.7. The second-order valence-electron chi connectivity index (χ2n) is 6.21. The molecule has 0 radical (unpaired) electrons. The summed E-state index contributed by atoms with van der Waals surface area (Å²) >= 11 is 0. The van der Waals surface area contributed by atoms with Gasteiger partial charge in [0.15, 0.2) is 0 Å². The number of benzene rings is 1. The fraction of sp³-hybridized carbons (Fsp3) is 0.500. The number of aryl methyl sites for hydroxylation is 2. The van der Waals surface area contributed by atoms with Crippen LogP contribution in [0.5, 0.6) is 0 Å². The molecule has 0 aliphatic heterocycles. The van der Waals surface area contributed by atoms with E-state index in [1.807, 2.05) is 26.0 Å². The maximum absolute atomic E-state index is 11.9. The average molecular weight is 331 g/mol. The van der Waals surface area contributed by atoms with Gasteiger partial charge in [0, 0.05) is 5.39 Å². The van der Waals surface area contributed by atoms with E-state index in [0.29, 0.717) is 11.1 Å². The van der Waals surface area contributed by atoms with E-state index >= 15 is 0 Å². The summed E-state index contributed by atoms with van der Waals surface area (Å²) in [5, 5.41) is 0.993. The van der Waals surface area contributed by atoms with Crippen LogP contribution in [-0.2, 0) is 0 Å². The minimum atomic E-state index is -0.286. The van der Waals surface area contributed by atoms with E-state index in [-0.39, 0.29) is 5.63 Å². The number of rotatable bonds is 3. The van der Waals surface area contributed by atoms with Crippen molar-refractivity contribution in [1.29, 1.82) is 0 Å². The largest absolute Gasteiger partial charge is 0.422 e. The molecule has 0 spiro atoms. The second-order valence-corrected chi connectivity index (χ2v) is 6.21. The Kier molecular flexibility index (Phi) is 10.8. The predicted molar refractivity (Wildman–Crippen MR) is 108 cm³/mol. The maximum Gasteiger partial charge on any atom is 0.343 e. The van der Waals surface area contributed by atoms with Crippen LogP contribution < -0.4 is 5.63 Å². The monoisotopic (exact) mass is 330 g/mol. The first-order chi connectivity index (χ1) is 11.4. The third-order valence-electron chi connectivity index (χ3n) is 3.14. The number of hydrogen-bond acceptors (Lipinski definition) is 2. The van der Waals surface area contributed by atoms with Crippen LogP contribution in [-0.4, -0.2) is 0 Å². The molecule has 2 heteroatoms. The molecule has 0 amide bonds. The smallest absolute Gasteiger partial charge is 0.343 e. The van der Waals surface area contributed by atoms with Gasteiger partial charge >= 0.3 is 5.63 Å². The lowest BCUT2D eigenvalue weighted by molar-refractivity contribution is 0.557. The topological polar surface area (TPSA) is 30.2 Å². The Morgan fingerprint density at radius 2 is 1.54 bits per heavy atom. The van der Waals surface area contributed by atoms with Gasteiger partial charge in [-0.05, 0) is 49.1 Å². The van der Waals surface area contributed by atoms with Crippen LogP contribution in [0.1, 0.15) is 77.0 Å². The average Bonchev–Trinajstić information content (AvgIpc) is 2.48. The zero-order valence-corrected chi connectivity index (χ0v) is 16.6. The standard InChI is InChI=1S/C16H18O2.2C3H8/c1-5-6-11(3)14-9-13-12(4)7-10(2)8-15(13)18-16(14)17;2*1-3-2/h7-9H,3,5-6H2,1-2,4H3;2*3H2,1-2H3. The van der Waals surface area contributed by atoms with Crippen molar-refractivity contribution in [2.24, 2.45) is 0 Å². The minimum Gasteiger partial charge on any atom is -0.422 e. The van der Waals surface area contributed by atoms with E-state index in [1.54, 1.807) is 0 Å². The van der Waals surface area contributed by atoms with E-state index in [2.05, 4.69) is 47.3 Å². The van der Waals surface area contributed by atoms with Gasteiger partial charge in [-0.15, -0.1) is 0 Å². The molecule has 1 aromatic heterocycles. The first kappa shape index (κ1) is 22.2. The van der Waals surface area contributed by atoms with Gasteiger partial charge in [0.05, 0.1) is 5.56 Å². The van der Waals surface area contributed by atoms with Crippen molar-refractivity contribution >= 4 is 16.5 Å². The quantitative estimate of drug-likeness (QED) is 0.564. The van der Waals surface area contributed by atoms with Gasteiger partial charge in [-0.25, -0.2) is 4.79 Å². The Bertz CT molecular complexity index is 691. The minimum absolute atomic E-state index is 0.286. The Labute approximate surface area is 147 Å². The predicted octanol–water partition coefficient (Wildman–Crippen LogP) is 7.06. The molecule has 0 fully saturated rings. The van der Waals surface area contributed by atoms with Gasteiger partial charge in [0.25, 0.3) is 0 Å². The Morgan fingerprint density at radius 1 is 1.00 bits per heavy atom. The normalized spacial score (nSPS) is 9.62. The number of allylic oxidation sites excluding steroid dienone is 1. The molecule has 134 valence electrons. The molecule has 0 atom stereocenters.